The maximum Gasteiger partial charge on any atom is 0.410 e. The smallest absolute Gasteiger partial charge is 0.410 e. The number of aryl methyl sites for hydroxylation is 1. The van der Waals surface area contributed by atoms with Crippen LogP contribution in [0.3, 0.4) is 0 Å². The lowest BCUT2D eigenvalue weighted by Gasteiger charge is -2.43. The summed E-state index contributed by atoms with van der Waals surface area (Å²) in [6.07, 6.45) is -1.11. The molecule has 0 spiro atoms. The van der Waals surface area contributed by atoms with E-state index < -0.39 is 24.0 Å². The van der Waals surface area contributed by atoms with E-state index in [1.807, 2.05) is 18.2 Å². The maximum absolute atomic E-state index is 15.2. The highest BCUT2D eigenvalue weighted by molar-refractivity contribution is 5.68. The number of nitriles is 1. The number of alkyl halides is 1. The van der Waals surface area contributed by atoms with Gasteiger partial charge in [-0.25, -0.2) is 19.2 Å². The van der Waals surface area contributed by atoms with Gasteiger partial charge in [0.1, 0.15) is 29.9 Å². The van der Waals surface area contributed by atoms with E-state index in [4.69, 9.17) is 14.2 Å². The molecule has 3 fully saturated rings. The van der Waals surface area contributed by atoms with Gasteiger partial charge in [-0.3, -0.25) is 4.90 Å². The average molecular weight is 645 g/mol. The van der Waals surface area contributed by atoms with Crippen molar-refractivity contribution in [2.45, 2.75) is 58.0 Å². The van der Waals surface area contributed by atoms with Crippen molar-refractivity contribution in [3.63, 3.8) is 0 Å². The lowest BCUT2D eigenvalue weighted by atomic mass is 10.0. The number of piperazine rings is 1. The molecule has 3 aliphatic heterocycles. The Morgan fingerprint density at radius 3 is 2.47 bits per heavy atom. The molecule has 13 heteroatoms. The fraction of sp³-hybridized carbons (Fsp3) is 0.500. The summed E-state index contributed by atoms with van der Waals surface area (Å²) < 4.78 is 32.0. The Morgan fingerprint density at radius 2 is 1.83 bits per heavy atom. The van der Waals surface area contributed by atoms with E-state index in [-0.39, 0.29) is 25.1 Å². The highest BCUT2D eigenvalue weighted by Crippen LogP contribution is 2.32. The zero-order valence-corrected chi connectivity index (χ0v) is 27.3. The van der Waals surface area contributed by atoms with Gasteiger partial charge in [0.05, 0.1) is 31.4 Å². The molecule has 248 valence electrons. The molecular formula is C34H41FN8O4. The Labute approximate surface area is 274 Å². The zero-order valence-electron chi connectivity index (χ0n) is 27.3. The quantitative estimate of drug-likeness (QED) is 0.384. The van der Waals surface area contributed by atoms with Gasteiger partial charge in [-0.2, -0.15) is 10.2 Å². The van der Waals surface area contributed by atoms with Crippen LogP contribution in [0.25, 0.3) is 11.4 Å². The Bertz CT molecular complexity index is 1610. The predicted octanol–water partition coefficient (Wildman–Crippen LogP) is 4.71. The van der Waals surface area contributed by atoms with Gasteiger partial charge in [0, 0.05) is 56.1 Å². The van der Waals surface area contributed by atoms with Crippen LogP contribution in [0.15, 0.2) is 42.7 Å². The number of amides is 1. The molecule has 12 nitrogen and oxygen atoms in total. The highest BCUT2D eigenvalue weighted by atomic mass is 19.1. The number of benzene rings is 2. The summed E-state index contributed by atoms with van der Waals surface area (Å²) in [7, 11) is 0. The van der Waals surface area contributed by atoms with Gasteiger partial charge in [-0.05, 0) is 69.7 Å². The number of likely N-dealkylation sites (tertiary alicyclic amines) is 1. The number of hydrogen-bond acceptors (Lipinski definition) is 11. The molecule has 3 aliphatic rings. The third-order valence-electron chi connectivity index (χ3n) is 8.57. The van der Waals surface area contributed by atoms with Crippen LogP contribution < -0.4 is 15.0 Å². The second-order valence-electron chi connectivity index (χ2n) is 13.2. The number of ether oxygens (including phenoxy) is 3. The van der Waals surface area contributed by atoms with E-state index >= 15 is 4.39 Å². The largest absolute Gasteiger partial charge is 0.486 e. The van der Waals surface area contributed by atoms with Crippen LogP contribution in [0.1, 0.15) is 38.3 Å². The highest BCUT2D eigenvalue weighted by Gasteiger charge is 2.36. The lowest BCUT2D eigenvalue weighted by Crippen LogP contribution is -2.56. The molecule has 2 atom stereocenters. The minimum Gasteiger partial charge on any atom is -0.486 e. The molecule has 0 aliphatic carbocycles. The number of aromatic nitrogens is 3. The van der Waals surface area contributed by atoms with E-state index in [2.05, 4.69) is 48.3 Å². The molecule has 1 amide bonds. The minimum atomic E-state index is -1.44. The maximum atomic E-state index is 15.2. The number of halogens is 1. The van der Waals surface area contributed by atoms with Crippen molar-refractivity contribution in [3.8, 4) is 23.2 Å². The van der Waals surface area contributed by atoms with Gasteiger partial charge >= 0.3 is 6.09 Å². The second-order valence-corrected chi connectivity index (χ2v) is 13.2. The van der Waals surface area contributed by atoms with Gasteiger partial charge in [0.25, 0.3) is 0 Å². The predicted molar refractivity (Wildman–Crippen MR) is 175 cm³/mol. The van der Waals surface area contributed by atoms with Crippen LogP contribution in [-0.4, -0.2) is 107 Å². The van der Waals surface area contributed by atoms with Crippen LogP contribution in [0.2, 0.25) is 0 Å². The van der Waals surface area contributed by atoms with Crippen LogP contribution in [0, 0.1) is 18.3 Å². The second kappa shape index (κ2) is 13.7. The Kier molecular flexibility index (Phi) is 9.42. The molecule has 1 aromatic heterocycles. The lowest BCUT2D eigenvalue weighted by molar-refractivity contribution is -0.0660. The summed E-state index contributed by atoms with van der Waals surface area (Å²) >= 11 is 0. The van der Waals surface area contributed by atoms with E-state index in [1.165, 1.54) is 16.9 Å². The monoisotopic (exact) mass is 644 g/mol. The van der Waals surface area contributed by atoms with Crippen LogP contribution in [-0.2, 0) is 9.47 Å². The van der Waals surface area contributed by atoms with Gasteiger partial charge in [0.15, 0.2) is 12.0 Å². The molecule has 2 aromatic carbocycles. The van der Waals surface area contributed by atoms with Crippen LogP contribution in [0.5, 0.6) is 5.75 Å². The molecule has 3 aromatic rings. The fourth-order valence-electron chi connectivity index (χ4n) is 5.96. The van der Waals surface area contributed by atoms with Crippen LogP contribution in [0.4, 0.5) is 26.5 Å². The third kappa shape index (κ3) is 7.72. The molecule has 0 unspecified atom stereocenters. The number of anilines is 3. The number of rotatable bonds is 7. The summed E-state index contributed by atoms with van der Waals surface area (Å²) in [5.41, 5.74) is 2.84. The topological polar surface area (TPSA) is 129 Å². The number of piperidine rings is 1. The van der Waals surface area contributed by atoms with Gasteiger partial charge in [-0.1, -0.05) is 0 Å². The van der Waals surface area contributed by atoms with E-state index in [9.17, 15) is 10.1 Å². The zero-order chi connectivity index (χ0) is 33.1. The number of hydrogen-bond donors (Lipinski definition) is 1. The van der Waals surface area contributed by atoms with Gasteiger partial charge < -0.3 is 29.3 Å². The van der Waals surface area contributed by atoms with Crippen molar-refractivity contribution in [2.75, 3.05) is 62.7 Å². The summed E-state index contributed by atoms with van der Waals surface area (Å²) in [5, 5.41) is 13.2. The van der Waals surface area contributed by atoms with Crippen molar-refractivity contribution in [1.82, 2.24) is 24.8 Å². The van der Waals surface area contributed by atoms with E-state index in [0.717, 1.165) is 45.1 Å². The minimum absolute atomic E-state index is 0.143. The van der Waals surface area contributed by atoms with Crippen molar-refractivity contribution in [1.29, 1.82) is 5.26 Å². The first-order chi connectivity index (χ1) is 22.6. The first-order valence-electron chi connectivity index (χ1n) is 16.0. The van der Waals surface area contributed by atoms with Crippen LogP contribution >= 0.6 is 0 Å². The summed E-state index contributed by atoms with van der Waals surface area (Å²) in [6.45, 7) is 13.0. The standard InChI is InChI=1S/C34H41FN8O4/c1-22-15-23(16-24(17-36)30(22)46-29-9-10-43(18-28(29)35)33(44)47-34(2,3)4)31-37-21-38-32(40-31)39-25-5-7-26(8-6-25)41-11-13-42(14-12-41)27-19-45-20-27/h5-8,15-16,21,27-29H,9-14,18-20H2,1-4H3,(H,37,38,39,40)/t28-,29+/m1/s1. The fourth-order valence-corrected chi connectivity index (χ4v) is 5.96. The normalized spacial score (nSPS) is 20.7. The van der Waals surface area contributed by atoms with Crippen molar-refractivity contribution in [3.05, 3.63) is 53.9 Å². The Morgan fingerprint density at radius 1 is 1.09 bits per heavy atom. The first kappa shape index (κ1) is 32.4. The summed E-state index contributed by atoms with van der Waals surface area (Å²) in [5.74, 6) is 1.06. The number of carbonyl (C=O) groups is 1. The van der Waals surface area contributed by atoms with Crippen molar-refractivity contribution < 1.29 is 23.4 Å². The SMILES string of the molecule is Cc1cc(-c2ncnc(Nc3ccc(N4CCN(C5COC5)CC4)cc3)n2)cc(C#N)c1O[C@H]1CCN(C(=O)OC(C)(C)C)C[C@H]1F. The molecule has 0 radical (unpaired) electrons. The average Bonchev–Trinajstić information content (AvgIpc) is 3.02. The van der Waals surface area contributed by atoms with Crippen molar-refractivity contribution >= 4 is 23.4 Å². The Hall–Kier alpha value is -4.54. The molecule has 47 heavy (non-hydrogen) atoms. The Balaban J connectivity index is 1.09. The van der Waals surface area contributed by atoms with Crippen molar-refractivity contribution in [2.24, 2.45) is 0 Å². The van der Waals surface area contributed by atoms with Gasteiger partial charge in [-0.15, -0.1) is 0 Å². The molecule has 0 bridgehead atoms. The molecule has 3 saturated heterocycles. The molecule has 1 N–H and O–H groups in total. The van der Waals surface area contributed by atoms with E-state index in [1.54, 1.807) is 33.8 Å². The first-order valence-corrected chi connectivity index (χ1v) is 16.0. The molecule has 4 heterocycles. The van der Waals surface area contributed by atoms with E-state index in [0.29, 0.717) is 34.7 Å². The molecule has 0 saturated carbocycles. The summed E-state index contributed by atoms with van der Waals surface area (Å²) in [4.78, 5) is 31.9. The number of nitrogens with one attached hydrogen (secondary N) is 1. The molecular weight excluding hydrogens is 603 g/mol. The number of carbonyl (C=O) groups excluding carboxylic acids is 1. The summed E-state index contributed by atoms with van der Waals surface area (Å²) in [6, 6.07) is 14.4. The third-order valence-corrected chi connectivity index (χ3v) is 8.57. The molecule has 6 rings (SSSR count). The van der Waals surface area contributed by atoms with Gasteiger partial charge in [0.2, 0.25) is 5.95 Å². The number of nitrogens with zero attached hydrogens (tertiary/aromatic N) is 7.